The smallest absolute Gasteiger partial charge is 0.0795 e. The van der Waals surface area contributed by atoms with Gasteiger partial charge in [-0.25, -0.2) is 0 Å². The van der Waals surface area contributed by atoms with E-state index in [0.29, 0.717) is 0 Å². The molecule has 0 rings (SSSR count). The first-order chi connectivity index (χ1) is 4.87. The van der Waals surface area contributed by atoms with E-state index in [9.17, 15) is 5.11 Å². The molecule has 0 heterocycles. The summed E-state index contributed by atoms with van der Waals surface area (Å²) in [6.07, 6.45) is 2.55. The van der Waals surface area contributed by atoms with E-state index in [4.69, 9.17) is 5.73 Å². The van der Waals surface area contributed by atoms with Crippen LogP contribution >= 0.6 is 0 Å². The van der Waals surface area contributed by atoms with Crippen molar-refractivity contribution in [2.45, 2.75) is 58.1 Å². The summed E-state index contributed by atoms with van der Waals surface area (Å²) in [7, 11) is 0. The van der Waals surface area contributed by atoms with Gasteiger partial charge in [0, 0.05) is 5.54 Å². The number of hydrogen-bond donors (Lipinski definition) is 2. The normalized spacial score (nSPS) is 22.4. The van der Waals surface area contributed by atoms with Crippen molar-refractivity contribution in [1.82, 2.24) is 0 Å². The Morgan fingerprint density at radius 2 is 1.73 bits per heavy atom. The van der Waals surface area contributed by atoms with Crippen LogP contribution in [0.3, 0.4) is 0 Å². The predicted molar refractivity (Wildman–Crippen MR) is 48.4 cm³/mol. The Balaban J connectivity index is 4.26. The molecular formula is C9H21NO. The Bertz CT molecular complexity index is 119. The van der Waals surface area contributed by atoms with Crippen LogP contribution in [0, 0.1) is 0 Å². The highest BCUT2D eigenvalue weighted by atomic mass is 16.3. The van der Waals surface area contributed by atoms with E-state index in [-0.39, 0.29) is 0 Å². The lowest BCUT2D eigenvalue weighted by molar-refractivity contribution is -0.0213. The maximum absolute atomic E-state index is 9.92. The second-order valence-corrected chi connectivity index (χ2v) is 3.79. The molecule has 0 aromatic heterocycles. The molecule has 0 aliphatic rings. The fraction of sp³-hybridized carbons (Fsp3) is 1.00. The molecule has 0 aliphatic heterocycles. The van der Waals surface area contributed by atoms with Crippen molar-refractivity contribution in [1.29, 1.82) is 0 Å². The summed E-state index contributed by atoms with van der Waals surface area (Å²) >= 11 is 0. The van der Waals surface area contributed by atoms with Crippen LogP contribution in [0.25, 0.3) is 0 Å². The summed E-state index contributed by atoms with van der Waals surface area (Å²) < 4.78 is 0. The van der Waals surface area contributed by atoms with Gasteiger partial charge in [-0.3, -0.25) is 0 Å². The molecule has 68 valence electrons. The van der Waals surface area contributed by atoms with Crippen molar-refractivity contribution in [3.63, 3.8) is 0 Å². The molecule has 0 bridgehead atoms. The fourth-order valence-electron chi connectivity index (χ4n) is 1.15. The lowest BCUT2D eigenvalue weighted by Gasteiger charge is -2.39. The molecule has 0 saturated heterocycles. The van der Waals surface area contributed by atoms with Crippen LogP contribution < -0.4 is 5.73 Å². The minimum atomic E-state index is -0.726. The van der Waals surface area contributed by atoms with Gasteiger partial charge in [-0.1, -0.05) is 20.3 Å². The zero-order valence-electron chi connectivity index (χ0n) is 8.15. The van der Waals surface area contributed by atoms with Crippen LogP contribution in [0.5, 0.6) is 0 Å². The minimum Gasteiger partial charge on any atom is -0.388 e. The van der Waals surface area contributed by atoms with Crippen molar-refractivity contribution in [3.05, 3.63) is 0 Å². The van der Waals surface area contributed by atoms with Crippen LogP contribution in [0.1, 0.15) is 47.0 Å². The molecule has 0 amide bonds. The lowest BCUT2D eigenvalue weighted by atomic mass is 9.78. The highest BCUT2D eigenvalue weighted by molar-refractivity contribution is 4.95. The van der Waals surface area contributed by atoms with Gasteiger partial charge in [0.1, 0.15) is 0 Å². The molecule has 0 aromatic carbocycles. The van der Waals surface area contributed by atoms with Gasteiger partial charge >= 0.3 is 0 Å². The van der Waals surface area contributed by atoms with Gasteiger partial charge in [0.2, 0.25) is 0 Å². The Kier molecular flexibility index (Phi) is 3.52. The third-order valence-electron chi connectivity index (χ3n) is 2.70. The standard InChI is InChI=1S/C9H21NO/c1-5-7-9(4,11)8(3,10)6-2/h11H,5-7,10H2,1-4H3. The Morgan fingerprint density at radius 3 is 2.00 bits per heavy atom. The topological polar surface area (TPSA) is 46.2 Å². The van der Waals surface area contributed by atoms with Crippen molar-refractivity contribution < 1.29 is 5.11 Å². The zero-order chi connectivity index (χ0) is 9.12. The summed E-state index contributed by atoms with van der Waals surface area (Å²) in [5.41, 5.74) is 4.75. The molecule has 3 N–H and O–H groups in total. The summed E-state index contributed by atoms with van der Waals surface area (Å²) in [5.74, 6) is 0. The average Bonchev–Trinajstić information content (AvgIpc) is 1.87. The summed E-state index contributed by atoms with van der Waals surface area (Å²) in [4.78, 5) is 0. The first kappa shape index (κ1) is 10.9. The molecule has 0 saturated carbocycles. The number of hydrogen-bond acceptors (Lipinski definition) is 2. The number of nitrogens with two attached hydrogens (primary N) is 1. The molecule has 2 nitrogen and oxygen atoms in total. The number of rotatable bonds is 4. The van der Waals surface area contributed by atoms with E-state index in [2.05, 4.69) is 6.92 Å². The van der Waals surface area contributed by atoms with Crippen LogP contribution in [0.15, 0.2) is 0 Å². The molecule has 2 heteroatoms. The molecule has 0 aromatic rings. The van der Waals surface area contributed by atoms with Crippen LogP contribution in [-0.2, 0) is 0 Å². The van der Waals surface area contributed by atoms with E-state index >= 15 is 0 Å². The molecule has 0 fully saturated rings. The van der Waals surface area contributed by atoms with Crippen molar-refractivity contribution in [2.24, 2.45) is 5.73 Å². The van der Waals surface area contributed by atoms with E-state index in [1.807, 2.05) is 20.8 Å². The SMILES string of the molecule is CCCC(C)(O)C(C)(N)CC. The Hall–Kier alpha value is -0.0800. The zero-order valence-corrected chi connectivity index (χ0v) is 8.15. The molecule has 2 atom stereocenters. The molecule has 0 aliphatic carbocycles. The molecule has 0 spiro atoms. The van der Waals surface area contributed by atoms with Crippen LogP contribution in [0.4, 0.5) is 0 Å². The number of aliphatic hydroxyl groups is 1. The van der Waals surface area contributed by atoms with Gasteiger partial charge in [0.25, 0.3) is 0 Å². The van der Waals surface area contributed by atoms with Gasteiger partial charge in [0.15, 0.2) is 0 Å². The summed E-state index contributed by atoms with van der Waals surface area (Å²) in [5, 5.41) is 9.92. The second kappa shape index (κ2) is 3.55. The maximum Gasteiger partial charge on any atom is 0.0795 e. The van der Waals surface area contributed by atoms with Gasteiger partial charge in [-0.2, -0.15) is 0 Å². The van der Waals surface area contributed by atoms with Crippen LogP contribution in [0.2, 0.25) is 0 Å². The lowest BCUT2D eigenvalue weighted by Crippen LogP contribution is -2.56. The van der Waals surface area contributed by atoms with Gasteiger partial charge in [0.05, 0.1) is 5.60 Å². The van der Waals surface area contributed by atoms with Crippen LogP contribution in [-0.4, -0.2) is 16.2 Å². The largest absolute Gasteiger partial charge is 0.388 e. The van der Waals surface area contributed by atoms with Crippen molar-refractivity contribution in [2.75, 3.05) is 0 Å². The Morgan fingerprint density at radius 1 is 1.27 bits per heavy atom. The van der Waals surface area contributed by atoms with E-state index in [0.717, 1.165) is 19.3 Å². The first-order valence-corrected chi connectivity index (χ1v) is 4.38. The third-order valence-corrected chi connectivity index (χ3v) is 2.70. The summed E-state index contributed by atoms with van der Waals surface area (Å²) in [6, 6.07) is 0. The maximum atomic E-state index is 9.92. The van der Waals surface area contributed by atoms with E-state index in [1.54, 1.807) is 0 Å². The monoisotopic (exact) mass is 159 g/mol. The quantitative estimate of drug-likeness (QED) is 0.655. The highest BCUT2D eigenvalue weighted by Crippen LogP contribution is 2.26. The Labute approximate surface area is 69.8 Å². The van der Waals surface area contributed by atoms with Crippen molar-refractivity contribution in [3.8, 4) is 0 Å². The predicted octanol–water partition coefficient (Wildman–Crippen LogP) is 1.66. The van der Waals surface area contributed by atoms with Gasteiger partial charge in [-0.15, -0.1) is 0 Å². The molecule has 2 unspecified atom stereocenters. The molecule has 0 radical (unpaired) electrons. The highest BCUT2D eigenvalue weighted by Gasteiger charge is 2.37. The second-order valence-electron chi connectivity index (χ2n) is 3.79. The first-order valence-electron chi connectivity index (χ1n) is 4.38. The average molecular weight is 159 g/mol. The van der Waals surface area contributed by atoms with Gasteiger partial charge in [-0.05, 0) is 26.7 Å². The minimum absolute atomic E-state index is 0.455. The van der Waals surface area contributed by atoms with E-state index in [1.165, 1.54) is 0 Å². The summed E-state index contributed by atoms with van der Waals surface area (Å²) in [6.45, 7) is 7.78. The molecular weight excluding hydrogens is 138 g/mol. The van der Waals surface area contributed by atoms with Gasteiger partial charge < -0.3 is 10.8 Å². The van der Waals surface area contributed by atoms with E-state index < -0.39 is 11.1 Å². The van der Waals surface area contributed by atoms with Crippen molar-refractivity contribution >= 4 is 0 Å². The molecule has 11 heavy (non-hydrogen) atoms. The fourth-order valence-corrected chi connectivity index (χ4v) is 1.15. The third kappa shape index (κ3) is 2.46.